The molecule has 1 aliphatic heterocycles. The molecule has 0 aromatic rings. The molecule has 2 atom stereocenters. The lowest BCUT2D eigenvalue weighted by Crippen LogP contribution is -1.89. The van der Waals surface area contributed by atoms with Crippen molar-refractivity contribution in [2.75, 3.05) is 0 Å². The van der Waals surface area contributed by atoms with Crippen molar-refractivity contribution < 1.29 is 4.74 Å². The molecule has 1 heterocycles. The van der Waals surface area contributed by atoms with E-state index in [9.17, 15) is 0 Å². The molecular formula is C10H20O. The molecule has 1 fully saturated rings. The van der Waals surface area contributed by atoms with Gasteiger partial charge in [0.15, 0.2) is 0 Å². The van der Waals surface area contributed by atoms with E-state index in [0.717, 1.165) is 0 Å². The first-order valence-electron chi connectivity index (χ1n) is 5.00. The average molecular weight is 156 g/mol. The van der Waals surface area contributed by atoms with Crippen molar-refractivity contribution in [2.45, 2.75) is 64.6 Å². The van der Waals surface area contributed by atoms with Gasteiger partial charge in [0, 0.05) is 0 Å². The second-order valence-electron chi connectivity index (χ2n) is 3.58. The fourth-order valence-corrected chi connectivity index (χ4v) is 1.48. The average Bonchev–Trinajstić information content (AvgIpc) is 2.67. The number of epoxide rings is 1. The third kappa shape index (κ3) is 3.76. The molecule has 1 aliphatic rings. The molecular weight excluding hydrogens is 136 g/mol. The van der Waals surface area contributed by atoms with Gasteiger partial charge in [0.05, 0.1) is 12.2 Å². The second kappa shape index (κ2) is 4.76. The van der Waals surface area contributed by atoms with E-state index >= 15 is 0 Å². The number of hydrogen-bond acceptors (Lipinski definition) is 1. The standard InChI is InChI=1S/C10H20O/c1-3-4-5-6-7-8-10-9(2)11-10/h9-10H,3-8H2,1-2H3/t9-,10-/m1/s1. The fraction of sp³-hybridized carbons (Fsp3) is 1.00. The van der Waals surface area contributed by atoms with Crippen molar-refractivity contribution in [1.82, 2.24) is 0 Å². The van der Waals surface area contributed by atoms with Crippen LogP contribution in [-0.2, 0) is 4.74 Å². The number of unbranched alkanes of at least 4 members (excludes halogenated alkanes) is 4. The van der Waals surface area contributed by atoms with Gasteiger partial charge in [-0.05, 0) is 13.3 Å². The van der Waals surface area contributed by atoms with Crippen molar-refractivity contribution >= 4 is 0 Å². The largest absolute Gasteiger partial charge is 0.370 e. The van der Waals surface area contributed by atoms with Crippen LogP contribution in [0.1, 0.15) is 52.4 Å². The first-order valence-corrected chi connectivity index (χ1v) is 5.00. The lowest BCUT2D eigenvalue weighted by Gasteiger charge is -1.96. The molecule has 11 heavy (non-hydrogen) atoms. The van der Waals surface area contributed by atoms with Crippen LogP contribution in [-0.4, -0.2) is 12.2 Å². The zero-order valence-corrected chi connectivity index (χ0v) is 7.81. The van der Waals surface area contributed by atoms with Gasteiger partial charge in [0.2, 0.25) is 0 Å². The summed E-state index contributed by atoms with van der Waals surface area (Å²) in [7, 11) is 0. The molecule has 0 aromatic heterocycles. The molecule has 0 aliphatic carbocycles. The number of hydrogen-bond donors (Lipinski definition) is 0. The Morgan fingerprint density at radius 3 is 2.27 bits per heavy atom. The summed E-state index contributed by atoms with van der Waals surface area (Å²) >= 11 is 0. The van der Waals surface area contributed by atoms with Crippen LogP contribution >= 0.6 is 0 Å². The SMILES string of the molecule is CCCCCCC[C@H]1O[C@@H]1C. The highest BCUT2D eigenvalue weighted by Gasteiger charge is 2.32. The van der Waals surface area contributed by atoms with Crippen LogP contribution in [0.5, 0.6) is 0 Å². The maximum atomic E-state index is 5.32. The smallest absolute Gasteiger partial charge is 0.0839 e. The minimum Gasteiger partial charge on any atom is -0.370 e. The van der Waals surface area contributed by atoms with E-state index < -0.39 is 0 Å². The minimum atomic E-state index is 0.571. The van der Waals surface area contributed by atoms with Crippen LogP contribution < -0.4 is 0 Å². The van der Waals surface area contributed by atoms with Gasteiger partial charge in [-0.2, -0.15) is 0 Å². The van der Waals surface area contributed by atoms with Crippen LogP contribution in [0.4, 0.5) is 0 Å². The van der Waals surface area contributed by atoms with E-state index in [1.54, 1.807) is 0 Å². The Balaban J connectivity index is 1.74. The van der Waals surface area contributed by atoms with Crippen LogP contribution in [0.25, 0.3) is 0 Å². The zero-order chi connectivity index (χ0) is 8.10. The highest BCUT2D eigenvalue weighted by Crippen LogP contribution is 2.26. The van der Waals surface area contributed by atoms with Crippen molar-refractivity contribution in [2.24, 2.45) is 0 Å². The summed E-state index contributed by atoms with van der Waals surface area (Å²) in [6.45, 7) is 4.42. The molecule has 0 N–H and O–H groups in total. The van der Waals surface area contributed by atoms with Gasteiger partial charge < -0.3 is 4.74 Å². The fourth-order valence-electron chi connectivity index (χ4n) is 1.48. The minimum absolute atomic E-state index is 0.571. The first kappa shape index (κ1) is 9.05. The maximum Gasteiger partial charge on any atom is 0.0839 e. The Labute approximate surface area is 70.1 Å². The summed E-state index contributed by atoms with van der Waals surface area (Å²) in [6, 6.07) is 0. The van der Waals surface area contributed by atoms with Gasteiger partial charge in [-0.15, -0.1) is 0 Å². The monoisotopic (exact) mass is 156 g/mol. The molecule has 0 saturated carbocycles. The van der Waals surface area contributed by atoms with Gasteiger partial charge in [0.1, 0.15) is 0 Å². The molecule has 1 saturated heterocycles. The third-order valence-corrected chi connectivity index (χ3v) is 2.43. The molecule has 0 aromatic carbocycles. The summed E-state index contributed by atoms with van der Waals surface area (Å²) in [5.74, 6) is 0. The van der Waals surface area contributed by atoms with Gasteiger partial charge in [0.25, 0.3) is 0 Å². The van der Waals surface area contributed by atoms with Crippen LogP contribution in [0.3, 0.4) is 0 Å². The normalized spacial score (nSPS) is 28.9. The molecule has 1 heteroatoms. The number of ether oxygens (including phenoxy) is 1. The van der Waals surface area contributed by atoms with Crippen LogP contribution in [0, 0.1) is 0 Å². The first-order chi connectivity index (χ1) is 5.34. The number of rotatable bonds is 6. The predicted octanol–water partition coefficient (Wildman–Crippen LogP) is 3.13. The Hall–Kier alpha value is -0.0400. The van der Waals surface area contributed by atoms with Crippen molar-refractivity contribution in [1.29, 1.82) is 0 Å². The maximum absolute atomic E-state index is 5.32. The lowest BCUT2D eigenvalue weighted by atomic mass is 10.1. The summed E-state index contributed by atoms with van der Waals surface area (Å²) < 4.78 is 5.32. The van der Waals surface area contributed by atoms with E-state index in [-0.39, 0.29) is 0 Å². The molecule has 0 radical (unpaired) electrons. The van der Waals surface area contributed by atoms with Crippen molar-refractivity contribution in [3.8, 4) is 0 Å². The topological polar surface area (TPSA) is 12.5 Å². The van der Waals surface area contributed by atoms with E-state index in [2.05, 4.69) is 13.8 Å². The predicted molar refractivity (Wildman–Crippen MR) is 47.7 cm³/mol. The zero-order valence-electron chi connectivity index (χ0n) is 7.81. The van der Waals surface area contributed by atoms with Gasteiger partial charge in [-0.1, -0.05) is 39.0 Å². The molecule has 0 amide bonds. The molecule has 1 rings (SSSR count). The molecule has 66 valence electrons. The summed E-state index contributed by atoms with van der Waals surface area (Å²) in [4.78, 5) is 0. The highest BCUT2D eigenvalue weighted by molar-refractivity contribution is 4.79. The quantitative estimate of drug-likeness (QED) is 0.425. The lowest BCUT2D eigenvalue weighted by molar-refractivity contribution is 0.364. The molecule has 0 spiro atoms. The molecule has 0 bridgehead atoms. The van der Waals surface area contributed by atoms with Crippen molar-refractivity contribution in [3.63, 3.8) is 0 Å². The third-order valence-electron chi connectivity index (χ3n) is 2.43. The van der Waals surface area contributed by atoms with Gasteiger partial charge in [-0.3, -0.25) is 0 Å². The van der Waals surface area contributed by atoms with E-state index in [0.29, 0.717) is 12.2 Å². The van der Waals surface area contributed by atoms with Crippen LogP contribution in [0.2, 0.25) is 0 Å². The van der Waals surface area contributed by atoms with Gasteiger partial charge in [-0.25, -0.2) is 0 Å². The Morgan fingerprint density at radius 1 is 1.09 bits per heavy atom. The second-order valence-corrected chi connectivity index (χ2v) is 3.58. The summed E-state index contributed by atoms with van der Waals surface area (Å²) in [5, 5.41) is 0. The Bertz CT molecular complexity index is 101. The van der Waals surface area contributed by atoms with Crippen molar-refractivity contribution in [3.05, 3.63) is 0 Å². The summed E-state index contributed by atoms with van der Waals surface area (Å²) in [5.41, 5.74) is 0. The van der Waals surface area contributed by atoms with E-state index in [1.807, 2.05) is 0 Å². The van der Waals surface area contributed by atoms with E-state index in [4.69, 9.17) is 4.74 Å². The Morgan fingerprint density at radius 2 is 1.73 bits per heavy atom. The van der Waals surface area contributed by atoms with E-state index in [1.165, 1.54) is 38.5 Å². The molecule has 1 nitrogen and oxygen atoms in total. The molecule has 0 unspecified atom stereocenters. The van der Waals surface area contributed by atoms with Gasteiger partial charge >= 0.3 is 0 Å². The summed E-state index contributed by atoms with van der Waals surface area (Å²) in [6.07, 6.45) is 9.42. The Kier molecular flexibility index (Phi) is 3.92. The highest BCUT2D eigenvalue weighted by atomic mass is 16.6. The van der Waals surface area contributed by atoms with Crippen LogP contribution in [0.15, 0.2) is 0 Å².